The summed E-state index contributed by atoms with van der Waals surface area (Å²) in [7, 11) is 1.54. The fourth-order valence-corrected chi connectivity index (χ4v) is 2.78. The lowest BCUT2D eigenvalue weighted by atomic mass is 10.0. The zero-order valence-corrected chi connectivity index (χ0v) is 15.0. The zero-order valence-electron chi connectivity index (χ0n) is 15.0. The summed E-state index contributed by atoms with van der Waals surface area (Å²) in [4.78, 5) is 38.1. The van der Waals surface area contributed by atoms with Gasteiger partial charge in [-0.3, -0.25) is 14.4 Å². The highest BCUT2D eigenvalue weighted by molar-refractivity contribution is 6.08. The number of ether oxygens (including phenoxy) is 1. The van der Waals surface area contributed by atoms with Crippen molar-refractivity contribution in [2.24, 2.45) is 5.92 Å². The summed E-state index contributed by atoms with van der Waals surface area (Å²) in [5, 5.41) is 4.70. The van der Waals surface area contributed by atoms with Crippen molar-refractivity contribution in [2.75, 3.05) is 25.5 Å². The van der Waals surface area contributed by atoms with Crippen LogP contribution in [-0.4, -0.2) is 42.9 Å². The maximum Gasteiger partial charge on any atom is 0.325 e. The van der Waals surface area contributed by atoms with Crippen LogP contribution < -0.4 is 5.32 Å². The van der Waals surface area contributed by atoms with E-state index in [2.05, 4.69) is 5.32 Å². The summed E-state index contributed by atoms with van der Waals surface area (Å²) in [6.07, 6.45) is 1.76. The lowest BCUT2D eigenvalue weighted by Gasteiger charge is -2.19. The molecular weight excluding hydrogens is 332 g/mol. The van der Waals surface area contributed by atoms with Crippen LogP contribution in [0.4, 0.5) is 5.69 Å². The highest BCUT2D eigenvalue weighted by atomic mass is 16.5. The SMILES string of the molecule is CCOC(=O)CN(C)C(=O)c1cc2ccccc2cc1NC(=O)C1CC1. The summed E-state index contributed by atoms with van der Waals surface area (Å²) in [6, 6.07) is 11.2. The van der Waals surface area contributed by atoms with Gasteiger partial charge >= 0.3 is 5.97 Å². The predicted molar refractivity (Wildman–Crippen MR) is 98.9 cm³/mol. The molecule has 0 radical (unpaired) electrons. The Morgan fingerprint density at radius 1 is 1.15 bits per heavy atom. The molecule has 0 saturated heterocycles. The van der Waals surface area contributed by atoms with Gasteiger partial charge in [0.2, 0.25) is 5.91 Å². The van der Waals surface area contributed by atoms with E-state index in [1.165, 1.54) is 4.90 Å². The molecule has 1 aliphatic rings. The van der Waals surface area contributed by atoms with E-state index in [1.54, 1.807) is 26.1 Å². The standard InChI is InChI=1S/C20H22N2O4/c1-3-26-18(23)12-22(2)20(25)16-10-14-6-4-5-7-15(14)11-17(16)21-19(24)13-8-9-13/h4-7,10-11,13H,3,8-9,12H2,1-2H3,(H,21,24). The molecule has 6 heteroatoms. The fraction of sp³-hybridized carbons (Fsp3) is 0.350. The molecule has 1 aliphatic carbocycles. The highest BCUT2D eigenvalue weighted by Gasteiger charge is 2.30. The summed E-state index contributed by atoms with van der Waals surface area (Å²) in [6.45, 7) is 1.84. The van der Waals surface area contributed by atoms with Gasteiger partial charge in [0.05, 0.1) is 17.9 Å². The van der Waals surface area contributed by atoms with Crippen LogP contribution in [0.5, 0.6) is 0 Å². The molecule has 0 aliphatic heterocycles. The normalized spacial score (nSPS) is 13.3. The van der Waals surface area contributed by atoms with Crippen molar-refractivity contribution in [1.29, 1.82) is 0 Å². The van der Waals surface area contributed by atoms with Crippen molar-refractivity contribution in [3.63, 3.8) is 0 Å². The molecule has 1 saturated carbocycles. The van der Waals surface area contributed by atoms with Gasteiger partial charge in [0, 0.05) is 13.0 Å². The van der Waals surface area contributed by atoms with Crippen LogP contribution in [-0.2, 0) is 14.3 Å². The molecule has 2 amide bonds. The number of benzene rings is 2. The summed E-state index contributed by atoms with van der Waals surface area (Å²) in [5.41, 5.74) is 0.839. The molecule has 0 unspecified atom stereocenters. The van der Waals surface area contributed by atoms with Gasteiger partial charge in [0.15, 0.2) is 0 Å². The quantitative estimate of drug-likeness (QED) is 0.810. The Hall–Kier alpha value is -2.89. The van der Waals surface area contributed by atoms with Crippen LogP contribution in [0.1, 0.15) is 30.1 Å². The lowest BCUT2D eigenvalue weighted by Crippen LogP contribution is -2.33. The van der Waals surface area contributed by atoms with E-state index in [9.17, 15) is 14.4 Å². The van der Waals surface area contributed by atoms with E-state index < -0.39 is 5.97 Å². The second-order valence-corrected chi connectivity index (χ2v) is 6.47. The number of nitrogens with zero attached hydrogens (tertiary/aromatic N) is 1. The number of anilines is 1. The van der Waals surface area contributed by atoms with Crippen molar-refractivity contribution in [3.8, 4) is 0 Å². The van der Waals surface area contributed by atoms with E-state index in [1.807, 2.05) is 24.3 Å². The van der Waals surface area contributed by atoms with Crippen molar-refractivity contribution in [1.82, 2.24) is 4.90 Å². The minimum Gasteiger partial charge on any atom is -0.465 e. The first-order valence-corrected chi connectivity index (χ1v) is 8.74. The molecule has 0 atom stereocenters. The first-order chi connectivity index (χ1) is 12.5. The number of fused-ring (bicyclic) bond motifs is 1. The smallest absolute Gasteiger partial charge is 0.325 e. The molecule has 0 aromatic heterocycles. The third-order valence-corrected chi connectivity index (χ3v) is 4.34. The fourth-order valence-electron chi connectivity index (χ4n) is 2.78. The number of nitrogens with one attached hydrogen (secondary N) is 1. The van der Waals surface area contributed by atoms with Gasteiger partial charge in [0.1, 0.15) is 6.54 Å². The van der Waals surface area contributed by atoms with Crippen LogP contribution in [0.25, 0.3) is 10.8 Å². The Bertz CT molecular complexity index is 858. The van der Waals surface area contributed by atoms with Gasteiger partial charge in [0.25, 0.3) is 5.91 Å². The number of carbonyl (C=O) groups excluding carboxylic acids is 3. The molecule has 1 N–H and O–H groups in total. The van der Waals surface area contributed by atoms with Crippen LogP contribution >= 0.6 is 0 Å². The molecule has 0 bridgehead atoms. The van der Waals surface area contributed by atoms with E-state index in [0.717, 1.165) is 23.6 Å². The monoisotopic (exact) mass is 354 g/mol. The predicted octanol–water partition coefficient (Wildman–Crippen LogP) is 2.82. The van der Waals surface area contributed by atoms with E-state index in [4.69, 9.17) is 4.74 Å². The molecule has 0 spiro atoms. The maximum atomic E-state index is 12.9. The molecule has 1 fully saturated rings. The third kappa shape index (κ3) is 4.02. The van der Waals surface area contributed by atoms with Crippen molar-refractivity contribution >= 4 is 34.2 Å². The van der Waals surface area contributed by atoms with E-state index >= 15 is 0 Å². The van der Waals surface area contributed by atoms with E-state index in [0.29, 0.717) is 11.3 Å². The largest absolute Gasteiger partial charge is 0.465 e. The second kappa shape index (κ2) is 7.56. The molecule has 26 heavy (non-hydrogen) atoms. The average Bonchev–Trinajstić information content (AvgIpc) is 3.45. The Morgan fingerprint density at radius 3 is 2.42 bits per heavy atom. The molecule has 2 aromatic rings. The Balaban J connectivity index is 1.91. The van der Waals surface area contributed by atoms with Crippen molar-refractivity contribution in [3.05, 3.63) is 42.0 Å². The lowest BCUT2D eigenvalue weighted by molar-refractivity contribution is -0.143. The minimum absolute atomic E-state index is 0.0293. The van der Waals surface area contributed by atoms with Gasteiger partial charge < -0.3 is 15.0 Å². The van der Waals surface area contributed by atoms with Crippen LogP contribution in [0, 0.1) is 5.92 Å². The number of carbonyl (C=O) groups is 3. The van der Waals surface area contributed by atoms with Crippen LogP contribution in [0.3, 0.4) is 0 Å². The Kier molecular flexibility index (Phi) is 5.21. The van der Waals surface area contributed by atoms with Crippen molar-refractivity contribution < 1.29 is 19.1 Å². The minimum atomic E-state index is -0.465. The molecule has 6 nitrogen and oxygen atoms in total. The number of hydrogen-bond acceptors (Lipinski definition) is 4. The number of hydrogen-bond donors (Lipinski definition) is 1. The molecular formula is C20H22N2O4. The summed E-state index contributed by atoms with van der Waals surface area (Å²) in [5.74, 6) is -0.841. The van der Waals surface area contributed by atoms with Crippen LogP contribution in [0.15, 0.2) is 36.4 Å². The maximum absolute atomic E-state index is 12.9. The third-order valence-electron chi connectivity index (χ3n) is 4.34. The second-order valence-electron chi connectivity index (χ2n) is 6.47. The average molecular weight is 354 g/mol. The van der Waals surface area contributed by atoms with Crippen LogP contribution in [0.2, 0.25) is 0 Å². The topological polar surface area (TPSA) is 75.7 Å². The van der Waals surface area contributed by atoms with Gasteiger partial charge in [-0.25, -0.2) is 0 Å². The molecule has 0 heterocycles. The first-order valence-electron chi connectivity index (χ1n) is 8.74. The molecule has 2 aromatic carbocycles. The molecule has 136 valence electrons. The van der Waals surface area contributed by atoms with E-state index in [-0.39, 0.29) is 30.9 Å². The summed E-state index contributed by atoms with van der Waals surface area (Å²) < 4.78 is 4.90. The highest BCUT2D eigenvalue weighted by Crippen LogP contribution is 2.32. The van der Waals surface area contributed by atoms with Crippen molar-refractivity contribution in [2.45, 2.75) is 19.8 Å². The van der Waals surface area contributed by atoms with Gasteiger partial charge in [-0.2, -0.15) is 0 Å². The number of amides is 2. The first kappa shape index (κ1) is 17.9. The number of likely N-dealkylation sites (N-methyl/N-ethyl adjacent to an activating group) is 1. The zero-order chi connectivity index (χ0) is 18.7. The Morgan fingerprint density at radius 2 is 1.81 bits per heavy atom. The van der Waals surface area contributed by atoms with Gasteiger partial charge in [-0.05, 0) is 42.7 Å². The number of esters is 1. The van der Waals surface area contributed by atoms with Gasteiger partial charge in [-0.15, -0.1) is 0 Å². The van der Waals surface area contributed by atoms with Gasteiger partial charge in [-0.1, -0.05) is 24.3 Å². The number of rotatable bonds is 6. The summed E-state index contributed by atoms with van der Waals surface area (Å²) >= 11 is 0. The molecule has 3 rings (SSSR count). The Labute approximate surface area is 152 Å².